The van der Waals surface area contributed by atoms with E-state index in [9.17, 15) is 13.2 Å². The lowest BCUT2D eigenvalue weighted by atomic mass is 10.00. The summed E-state index contributed by atoms with van der Waals surface area (Å²) >= 11 is 0. The van der Waals surface area contributed by atoms with Crippen molar-refractivity contribution in [3.05, 3.63) is 52.6 Å². The third kappa shape index (κ3) is 2.80. The van der Waals surface area contributed by atoms with Crippen molar-refractivity contribution in [2.24, 2.45) is 0 Å². The molecule has 0 saturated carbocycles. The Kier molecular flexibility index (Phi) is 3.61. The molecule has 2 aliphatic rings. The zero-order chi connectivity index (χ0) is 17.8. The Bertz CT molecular complexity index is 976. The maximum atomic E-state index is 12.9. The molecule has 2 aliphatic heterocycles. The summed E-state index contributed by atoms with van der Waals surface area (Å²) in [5.41, 5.74) is 5.43. The van der Waals surface area contributed by atoms with Gasteiger partial charge >= 0.3 is 0 Å². The number of carbonyl (C=O) groups is 1. The lowest BCUT2D eigenvalue weighted by Gasteiger charge is -2.25. The van der Waals surface area contributed by atoms with E-state index in [1.54, 1.807) is 17.0 Å². The number of anilines is 2. The summed E-state index contributed by atoms with van der Waals surface area (Å²) in [6.45, 7) is 4.53. The first-order valence-corrected chi connectivity index (χ1v) is 9.89. The van der Waals surface area contributed by atoms with E-state index in [0.717, 1.165) is 27.9 Å². The summed E-state index contributed by atoms with van der Waals surface area (Å²) in [5, 5.41) is 0. The van der Waals surface area contributed by atoms with E-state index < -0.39 is 10.0 Å². The molecule has 0 bridgehead atoms. The Morgan fingerprint density at radius 2 is 1.56 bits per heavy atom. The maximum Gasteiger partial charge on any atom is 0.261 e. The average molecular weight is 356 g/mol. The fourth-order valence-electron chi connectivity index (χ4n) is 3.83. The number of carbonyl (C=O) groups excluding carboxylic acids is 1. The van der Waals surface area contributed by atoms with E-state index in [4.69, 9.17) is 0 Å². The van der Waals surface area contributed by atoms with E-state index in [-0.39, 0.29) is 10.8 Å². The maximum absolute atomic E-state index is 12.9. The topological polar surface area (TPSA) is 66.5 Å². The van der Waals surface area contributed by atoms with Crippen LogP contribution in [0.15, 0.2) is 35.2 Å². The Hall–Kier alpha value is -2.34. The fraction of sp³-hybridized carbons (Fsp3) is 0.316. The molecule has 0 atom stereocenters. The van der Waals surface area contributed by atoms with Crippen molar-refractivity contribution < 1.29 is 13.2 Å². The van der Waals surface area contributed by atoms with Gasteiger partial charge in [0, 0.05) is 18.7 Å². The molecule has 0 radical (unpaired) electrons. The van der Waals surface area contributed by atoms with Crippen LogP contribution in [0.3, 0.4) is 0 Å². The van der Waals surface area contributed by atoms with Crippen molar-refractivity contribution in [2.75, 3.05) is 16.2 Å². The van der Waals surface area contributed by atoms with Crippen LogP contribution in [-0.2, 0) is 27.7 Å². The molecule has 1 amide bonds. The number of hydrogen-bond acceptors (Lipinski definition) is 3. The van der Waals surface area contributed by atoms with Crippen LogP contribution in [0.1, 0.15) is 28.7 Å². The predicted molar refractivity (Wildman–Crippen MR) is 97.5 cm³/mol. The summed E-state index contributed by atoms with van der Waals surface area (Å²) in [6, 6.07) is 9.07. The molecule has 0 saturated heterocycles. The third-order valence-electron chi connectivity index (χ3n) is 4.81. The fourth-order valence-corrected chi connectivity index (χ4v) is 4.97. The van der Waals surface area contributed by atoms with Crippen LogP contribution in [0, 0.1) is 13.8 Å². The number of benzene rings is 2. The molecule has 1 N–H and O–H groups in total. The third-order valence-corrected chi connectivity index (χ3v) is 6.17. The minimum Gasteiger partial charge on any atom is -0.312 e. The summed E-state index contributed by atoms with van der Waals surface area (Å²) in [7, 11) is -3.66. The van der Waals surface area contributed by atoms with Crippen LogP contribution < -0.4 is 9.62 Å². The molecule has 5 nitrogen and oxygen atoms in total. The van der Waals surface area contributed by atoms with Gasteiger partial charge in [0.05, 0.1) is 10.6 Å². The van der Waals surface area contributed by atoms with Crippen molar-refractivity contribution in [1.29, 1.82) is 0 Å². The standard InChI is InChI=1S/C19H20N2O3S/c1-12-7-13(2)9-16(8-12)20-25(23,24)17-10-14-3-4-18(22)21-6-5-15(11-17)19(14)21/h7-11,20H,3-6H2,1-2H3. The normalized spacial score (nSPS) is 16.1. The van der Waals surface area contributed by atoms with Crippen molar-refractivity contribution in [3.8, 4) is 0 Å². The monoisotopic (exact) mass is 356 g/mol. The van der Waals surface area contributed by atoms with Gasteiger partial charge in [-0.3, -0.25) is 9.52 Å². The first-order valence-electron chi connectivity index (χ1n) is 8.41. The molecule has 130 valence electrons. The SMILES string of the molecule is Cc1cc(C)cc(NS(=O)(=O)c2cc3c4c(c2)CCN4C(=O)CC3)c1. The van der Waals surface area contributed by atoms with Crippen LogP contribution in [0.2, 0.25) is 0 Å². The summed E-state index contributed by atoms with van der Waals surface area (Å²) in [4.78, 5) is 14.1. The summed E-state index contributed by atoms with van der Waals surface area (Å²) < 4.78 is 28.4. The van der Waals surface area contributed by atoms with Crippen LogP contribution in [-0.4, -0.2) is 20.9 Å². The van der Waals surface area contributed by atoms with Crippen molar-refractivity contribution in [2.45, 2.75) is 38.0 Å². The van der Waals surface area contributed by atoms with Gasteiger partial charge < -0.3 is 4.90 Å². The molecule has 0 spiro atoms. The Labute approximate surface area is 147 Å². The van der Waals surface area contributed by atoms with Gasteiger partial charge in [0.1, 0.15) is 0 Å². The molecule has 0 fully saturated rings. The molecule has 0 aliphatic carbocycles. The highest BCUT2D eigenvalue weighted by Crippen LogP contribution is 2.38. The van der Waals surface area contributed by atoms with E-state index >= 15 is 0 Å². The summed E-state index contributed by atoms with van der Waals surface area (Å²) in [6.07, 6.45) is 1.76. The molecule has 0 unspecified atom stereocenters. The minimum atomic E-state index is -3.66. The highest BCUT2D eigenvalue weighted by molar-refractivity contribution is 7.92. The van der Waals surface area contributed by atoms with Gasteiger partial charge in [0.25, 0.3) is 10.0 Å². The first-order chi connectivity index (χ1) is 11.8. The van der Waals surface area contributed by atoms with E-state index in [1.807, 2.05) is 32.0 Å². The number of nitrogens with one attached hydrogen (secondary N) is 1. The number of aryl methyl sites for hydroxylation is 3. The quantitative estimate of drug-likeness (QED) is 0.919. The number of rotatable bonds is 3. The molecule has 4 rings (SSSR count). The average Bonchev–Trinajstić information content (AvgIpc) is 2.95. The van der Waals surface area contributed by atoms with E-state index in [2.05, 4.69) is 4.72 Å². The van der Waals surface area contributed by atoms with Gasteiger partial charge in [-0.15, -0.1) is 0 Å². The molecule has 6 heteroatoms. The van der Waals surface area contributed by atoms with Crippen molar-refractivity contribution in [3.63, 3.8) is 0 Å². The first kappa shape index (κ1) is 16.1. The zero-order valence-corrected chi connectivity index (χ0v) is 15.1. The molecular formula is C19H20N2O3S. The Morgan fingerprint density at radius 1 is 0.920 bits per heavy atom. The Balaban J connectivity index is 1.73. The second kappa shape index (κ2) is 5.59. The largest absolute Gasteiger partial charge is 0.312 e. The van der Waals surface area contributed by atoms with E-state index in [1.165, 1.54) is 0 Å². The lowest BCUT2D eigenvalue weighted by molar-refractivity contribution is -0.118. The Morgan fingerprint density at radius 3 is 2.24 bits per heavy atom. The second-order valence-electron chi connectivity index (χ2n) is 6.87. The molecule has 2 aromatic carbocycles. The number of hydrogen-bond donors (Lipinski definition) is 1. The van der Waals surface area contributed by atoms with Crippen LogP contribution in [0.25, 0.3) is 0 Å². The predicted octanol–water partition coefficient (Wildman–Crippen LogP) is 2.94. The van der Waals surface area contributed by atoms with Crippen LogP contribution in [0.4, 0.5) is 11.4 Å². The van der Waals surface area contributed by atoms with Gasteiger partial charge in [0.15, 0.2) is 0 Å². The van der Waals surface area contributed by atoms with Gasteiger partial charge in [0.2, 0.25) is 5.91 Å². The van der Waals surface area contributed by atoms with Crippen LogP contribution in [0.5, 0.6) is 0 Å². The number of nitrogens with zero attached hydrogens (tertiary/aromatic N) is 1. The summed E-state index contributed by atoms with van der Waals surface area (Å²) in [5.74, 6) is 0.134. The minimum absolute atomic E-state index is 0.134. The van der Waals surface area contributed by atoms with Gasteiger partial charge in [-0.05, 0) is 73.2 Å². The lowest BCUT2D eigenvalue weighted by Crippen LogP contribution is -2.33. The molecule has 0 aromatic heterocycles. The smallest absolute Gasteiger partial charge is 0.261 e. The van der Waals surface area contributed by atoms with Crippen molar-refractivity contribution in [1.82, 2.24) is 0 Å². The van der Waals surface area contributed by atoms with Gasteiger partial charge in [-0.1, -0.05) is 6.07 Å². The van der Waals surface area contributed by atoms with Gasteiger partial charge in [-0.25, -0.2) is 8.42 Å². The highest BCUT2D eigenvalue weighted by atomic mass is 32.2. The van der Waals surface area contributed by atoms with Crippen LogP contribution >= 0.6 is 0 Å². The van der Waals surface area contributed by atoms with E-state index in [0.29, 0.717) is 31.5 Å². The number of amides is 1. The zero-order valence-electron chi connectivity index (χ0n) is 14.3. The number of sulfonamides is 1. The highest BCUT2D eigenvalue weighted by Gasteiger charge is 2.32. The molecular weight excluding hydrogens is 336 g/mol. The molecule has 2 heterocycles. The van der Waals surface area contributed by atoms with Crippen molar-refractivity contribution >= 4 is 27.3 Å². The molecule has 2 aromatic rings. The van der Waals surface area contributed by atoms with Gasteiger partial charge in [-0.2, -0.15) is 0 Å². The second-order valence-corrected chi connectivity index (χ2v) is 8.55. The molecule has 25 heavy (non-hydrogen) atoms.